The molecule has 0 aromatic carbocycles. The largest absolute Gasteiger partial charge is 0.413 e. The van der Waals surface area contributed by atoms with E-state index in [0.29, 0.717) is 12.5 Å². The number of halogens is 3. The van der Waals surface area contributed by atoms with E-state index in [2.05, 4.69) is 10.3 Å². The Balaban J connectivity index is 1.94. The highest BCUT2D eigenvalue weighted by molar-refractivity contribution is 7.99. The predicted octanol–water partition coefficient (Wildman–Crippen LogP) is 1.82. The summed E-state index contributed by atoms with van der Waals surface area (Å²) in [6.07, 6.45) is -3.18. The van der Waals surface area contributed by atoms with Crippen molar-refractivity contribution in [3.63, 3.8) is 0 Å². The Labute approximate surface area is 79.2 Å². The van der Waals surface area contributed by atoms with Crippen molar-refractivity contribution in [3.8, 4) is 0 Å². The highest BCUT2D eigenvalue weighted by Gasteiger charge is 2.27. The molecule has 0 saturated carbocycles. The van der Waals surface area contributed by atoms with E-state index < -0.39 is 12.8 Å². The first kappa shape index (κ1) is 11.1. The molecule has 0 aromatic heterocycles. The Hall–Kier alpha value is 0.0600. The topological polar surface area (TPSA) is 21.3 Å². The van der Waals surface area contributed by atoms with Gasteiger partial charge >= 0.3 is 6.18 Å². The molecule has 6 heteroatoms. The summed E-state index contributed by atoms with van der Waals surface area (Å²) in [4.78, 5) is 4.28. The second-order valence-corrected chi connectivity index (χ2v) is 4.13. The van der Waals surface area contributed by atoms with Crippen LogP contribution in [0.25, 0.3) is 0 Å². The number of hydrogen-bond donors (Lipinski definition) is 1. The molecule has 2 nitrogen and oxygen atoms in total. The smallest absolute Gasteiger partial charge is 0.292 e. The van der Waals surface area contributed by atoms with Crippen LogP contribution in [-0.2, 0) is 4.84 Å². The molecule has 13 heavy (non-hydrogen) atoms. The fraction of sp³-hybridized carbons (Fsp3) is 1.00. The first-order chi connectivity index (χ1) is 6.08. The molecule has 0 aromatic rings. The minimum atomic E-state index is -4.24. The number of hydrogen-bond acceptors (Lipinski definition) is 3. The fourth-order valence-electron chi connectivity index (χ4n) is 1.05. The minimum absolute atomic E-state index is 0.457. The van der Waals surface area contributed by atoms with E-state index in [1.54, 1.807) is 0 Å². The molecule has 1 N–H and O–H groups in total. The standard InChI is InChI=1S/C7H12F3NOS/c8-7(9,10)5-12-11-3-6-1-2-13-4-6/h6,11H,1-5H2. The monoisotopic (exact) mass is 215 g/mol. The molecule has 1 unspecified atom stereocenters. The van der Waals surface area contributed by atoms with Gasteiger partial charge in [-0.3, -0.25) is 4.84 Å². The molecule has 1 saturated heterocycles. The summed E-state index contributed by atoms with van der Waals surface area (Å²) in [5.41, 5.74) is 2.35. The molecule has 0 bridgehead atoms. The molecular formula is C7H12F3NOS. The Kier molecular flexibility index (Phi) is 4.34. The minimum Gasteiger partial charge on any atom is -0.292 e. The Morgan fingerprint density at radius 3 is 2.77 bits per heavy atom. The lowest BCUT2D eigenvalue weighted by molar-refractivity contribution is -0.190. The van der Waals surface area contributed by atoms with Crippen LogP contribution in [0.2, 0.25) is 0 Å². The van der Waals surface area contributed by atoms with Gasteiger partial charge in [0.1, 0.15) is 0 Å². The number of nitrogens with one attached hydrogen (secondary N) is 1. The molecule has 1 atom stereocenters. The second kappa shape index (κ2) is 5.07. The third kappa shape index (κ3) is 5.38. The van der Waals surface area contributed by atoms with E-state index in [1.165, 1.54) is 0 Å². The van der Waals surface area contributed by atoms with Crippen LogP contribution >= 0.6 is 11.8 Å². The van der Waals surface area contributed by atoms with Gasteiger partial charge in [-0.2, -0.15) is 24.9 Å². The summed E-state index contributed by atoms with van der Waals surface area (Å²) >= 11 is 1.83. The van der Waals surface area contributed by atoms with Gasteiger partial charge in [-0.25, -0.2) is 5.48 Å². The van der Waals surface area contributed by atoms with Gasteiger partial charge in [-0.1, -0.05) is 0 Å². The Morgan fingerprint density at radius 2 is 2.23 bits per heavy atom. The maximum absolute atomic E-state index is 11.6. The zero-order valence-corrected chi connectivity index (χ0v) is 7.88. The third-order valence-corrected chi connectivity index (χ3v) is 2.97. The maximum Gasteiger partial charge on any atom is 0.413 e. The normalized spacial score (nSPS) is 23.8. The van der Waals surface area contributed by atoms with E-state index in [-0.39, 0.29) is 0 Å². The summed E-state index contributed by atoms with van der Waals surface area (Å²) < 4.78 is 34.8. The molecule has 0 spiro atoms. The molecule has 1 fully saturated rings. The van der Waals surface area contributed by atoms with Crippen molar-refractivity contribution in [3.05, 3.63) is 0 Å². The molecule has 78 valence electrons. The van der Waals surface area contributed by atoms with Crippen LogP contribution in [0.5, 0.6) is 0 Å². The highest BCUT2D eigenvalue weighted by atomic mass is 32.2. The quantitative estimate of drug-likeness (QED) is 0.571. The van der Waals surface area contributed by atoms with Crippen LogP contribution in [-0.4, -0.2) is 30.8 Å². The molecule has 1 aliphatic rings. The zero-order valence-electron chi connectivity index (χ0n) is 7.06. The van der Waals surface area contributed by atoms with Gasteiger partial charge in [0.05, 0.1) is 0 Å². The molecule has 1 rings (SSSR count). The summed E-state index contributed by atoms with van der Waals surface area (Å²) in [7, 11) is 0. The average Bonchev–Trinajstić information content (AvgIpc) is 2.48. The van der Waals surface area contributed by atoms with Crippen molar-refractivity contribution in [2.45, 2.75) is 12.6 Å². The fourth-order valence-corrected chi connectivity index (χ4v) is 2.34. The van der Waals surface area contributed by atoms with E-state index >= 15 is 0 Å². The number of rotatable bonds is 4. The lowest BCUT2D eigenvalue weighted by Gasteiger charge is -2.11. The highest BCUT2D eigenvalue weighted by Crippen LogP contribution is 2.22. The summed E-state index contributed by atoms with van der Waals surface area (Å²) in [6.45, 7) is -0.698. The maximum atomic E-state index is 11.6. The first-order valence-electron chi connectivity index (χ1n) is 4.07. The summed E-state index contributed by atoms with van der Waals surface area (Å²) in [6, 6.07) is 0. The van der Waals surface area contributed by atoms with E-state index in [4.69, 9.17) is 0 Å². The van der Waals surface area contributed by atoms with Crippen molar-refractivity contribution < 1.29 is 18.0 Å². The Morgan fingerprint density at radius 1 is 1.46 bits per heavy atom. The average molecular weight is 215 g/mol. The molecule has 0 radical (unpaired) electrons. The van der Waals surface area contributed by atoms with Crippen molar-refractivity contribution in [1.29, 1.82) is 0 Å². The van der Waals surface area contributed by atoms with Gasteiger partial charge in [0.2, 0.25) is 0 Å². The van der Waals surface area contributed by atoms with E-state index in [9.17, 15) is 13.2 Å². The number of thioether (sulfide) groups is 1. The van der Waals surface area contributed by atoms with Gasteiger partial charge in [-0.05, 0) is 23.8 Å². The van der Waals surface area contributed by atoms with Crippen LogP contribution in [0.3, 0.4) is 0 Å². The van der Waals surface area contributed by atoms with Crippen molar-refractivity contribution in [2.75, 3.05) is 24.7 Å². The molecule has 0 amide bonds. The van der Waals surface area contributed by atoms with Crippen LogP contribution in [0.4, 0.5) is 13.2 Å². The first-order valence-corrected chi connectivity index (χ1v) is 5.22. The molecular weight excluding hydrogens is 203 g/mol. The van der Waals surface area contributed by atoms with Gasteiger partial charge in [-0.15, -0.1) is 0 Å². The van der Waals surface area contributed by atoms with Crippen molar-refractivity contribution in [2.24, 2.45) is 5.92 Å². The van der Waals surface area contributed by atoms with Gasteiger partial charge < -0.3 is 0 Å². The second-order valence-electron chi connectivity index (χ2n) is 2.98. The number of hydroxylamine groups is 1. The third-order valence-electron chi connectivity index (χ3n) is 1.73. The lowest BCUT2D eigenvalue weighted by Crippen LogP contribution is -2.28. The lowest BCUT2D eigenvalue weighted by atomic mass is 10.1. The van der Waals surface area contributed by atoms with E-state index in [1.807, 2.05) is 11.8 Å². The van der Waals surface area contributed by atoms with Crippen LogP contribution in [0.15, 0.2) is 0 Å². The Bertz CT molecular complexity index is 147. The predicted molar refractivity (Wildman–Crippen MR) is 45.4 cm³/mol. The molecule has 1 heterocycles. The van der Waals surface area contributed by atoms with Gasteiger partial charge in [0.25, 0.3) is 0 Å². The molecule has 1 aliphatic heterocycles. The van der Waals surface area contributed by atoms with Crippen LogP contribution in [0, 0.1) is 5.92 Å². The summed E-state index contributed by atoms with van der Waals surface area (Å²) in [5.74, 6) is 2.58. The van der Waals surface area contributed by atoms with Crippen LogP contribution in [0.1, 0.15) is 6.42 Å². The summed E-state index contributed by atoms with van der Waals surface area (Å²) in [5, 5.41) is 0. The van der Waals surface area contributed by atoms with Crippen molar-refractivity contribution in [1.82, 2.24) is 5.48 Å². The number of alkyl halides is 3. The van der Waals surface area contributed by atoms with Gasteiger partial charge in [0.15, 0.2) is 6.61 Å². The SMILES string of the molecule is FC(F)(F)CONCC1CCSC1. The van der Waals surface area contributed by atoms with Gasteiger partial charge in [0, 0.05) is 6.54 Å². The van der Waals surface area contributed by atoms with E-state index in [0.717, 1.165) is 17.9 Å². The van der Waals surface area contributed by atoms with Crippen molar-refractivity contribution >= 4 is 11.8 Å². The van der Waals surface area contributed by atoms with Crippen LogP contribution < -0.4 is 5.48 Å². The zero-order chi connectivity index (χ0) is 9.73. The molecule has 0 aliphatic carbocycles.